The van der Waals surface area contributed by atoms with E-state index in [1.807, 2.05) is 13.8 Å². The predicted molar refractivity (Wildman–Crippen MR) is 120 cm³/mol. The zero-order chi connectivity index (χ0) is 20.2. The monoisotopic (exact) mass is 385 g/mol. The second-order valence-corrected chi connectivity index (χ2v) is 7.32. The predicted octanol–water partition coefficient (Wildman–Crippen LogP) is 5.21. The lowest BCUT2D eigenvalue weighted by Crippen LogP contribution is -2.44. The Morgan fingerprint density at radius 1 is 1.29 bits per heavy atom. The van der Waals surface area contributed by atoms with Gasteiger partial charge < -0.3 is 15.0 Å². The van der Waals surface area contributed by atoms with E-state index in [4.69, 9.17) is 9.72 Å². The van der Waals surface area contributed by atoms with Crippen molar-refractivity contribution in [3.63, 3.8) is 0 Å². The fourth-order valence-corrected chi connectivity index (χ4v) is 3.72. The third kappa shape index (κ3) is 6.75. The first-order valence-corrected chi connectivity index (χ1v) is 11.1. The van der Waals surface area contributed by atoms with Crippen LogP contribution < -0.4 is 10.2 Å². The van der Waals surface area contributed by atoms with E-state index in [0.29, 0.717) is 6.61 Å². The van der Waals surface area contributed by atoms with E-state index in [-0.39, 0.29) is 6.10 Å². The lowest BCUT2D eigenvalue weighted by atomic mass is 9.93. The Hall–Kier alpha value is -1.65. The minimum absolute atomic E-state index is 0.140. The second kappa shape index (κ2) is 12.7. The van der Waals surface area contributed by atoms with Crippen LogP contribution >= 0.6 is 0 Å². The molecule has 28 heavy (non-hydrogen) atoms. The Kier molecular flexibility index (Phi) is 10.3. The highest BCUT2D eigenvalue weighted by atomic mass is 16.5. The van der Waals surface area contributed by atoms with Crippen molar-refractivity contribution in [1.82, 2.24) is 10.3 Å². The number of nitrogens with one attached hydrogen (secondary N) is 1. The van der Waals surface area contributed by atoms with Crippen molar-refractivity contribution >= 4 is 5.82 Å². The topological polar surface area (TPSA) is 37.4 Å². The van der Waals surface area contributed by atoms with Gasteiger partial charge in [0.25, 0.3) is 0 Å². The zero-order valence-corrected chi connectivity index (χ0v) is 18.3. The van der Waals surface area contributed by atoms with Crippen LogP contribution in [0.15, 0.2) is 35.9 Å². The molecule has 1 saturated heterocycles. The van der Waals surface area contributed by atoms with Crippen molar-refractivity contribution in [2.45, 2.75) is 65.9 Å². The number of allylic oxidation sites excluding steroid dienone is 3. The van der Waals surface area contributed by atoms with Gasteiger partial charge in [-0.15, -0.1) is 0 Å². The smallest absolute Gasteiger partial charge is 0.129 e. The molecule has 2 aliphatic rings. The molecule has 1 unspecified atom stereocenters. The van der Waals surface area contributed by atoms with Crippen LogP contribution in [0.25, 0.3) is 0 Å². The lowest BCUT2D eigenvalue weighted by molar-refractivity contribution is 0.0572. The number of hydrogen-bond donors (Lipinski definition) is 1. The van der Waals surface area contributed by atoms with Gasteiger partial charge in [0.2, 0.25) is 0 Å². The van der Waals surface area contributed by atoms with Crippen molar-refractivity contribution in [3.05, 3.63) is 47.2 Å². The Labute approximate surface area is 172 Å². The molecule has 2 heterocycles. The second-order valence-electron chi connectivity index (χ2n) is 7.32. The highest BCUT2D eigenvalue weighted by molar-refractivity contribution is 5.43. The summed E-state index contributed by atoms with van der Waals surface area (Å²) in [6.07, 6.45) is 12.3. The summed E-state index contributed by atoms with van der Waals surface area (Å²) < 4.78 is 6.24. The van der Waals surface area contributed by atoms with Crippen LogP contribution in [0.4, 0.5) is 5.82 Å². The van der Waals surface area contributed by atoms with Gasteiger partial charge in [0.1, 0.15) is 11.9 Å². The number of ether oxygens (including phenoxy) is 1. The van der Waals surface area contributed by atoms with Crippen molar-refractivity contribution in [3.8, 4) is 0 Å². The third-order valence-corrected chi connectivity index (χ3v) is 5.33. The molecule has 1 aliphatic heterocycles. The molecule has 1 fully saturated rings. The van der Waals surface area contributed by atoms with Gasteiger partial charge in [0, 0.05) is 26.2 Å². The molecule has 0 bridgehead atoms. The standard InChI is InChI=1S/C22H33N3O.C2H6/c1-3-4-5-7-18(2)12-17-26-20-9-6-8-19-10-11-21(24-22(19)20)25-15-13-23-14-16-25;1-2/h3-4,10-12,20,23H,5-9,13-17H2,1-2H3;1-2H3/b4-3-,18-12+;. The number of anilines is 1. The van der Waals surface area contributed by atoms with E-state index in [1.54, 1.807) is 0 Å². The van der Waals surface area contributed by atoms with Gasteiger partial charge in [-0.05, 0) is 57.6 Å². The first kappa shape index (κ1) is 22.6. The number of nitrogens with zero attached hydrogens (tertiary/aromatic N) is 2. The molecular weight excluding hydrogens is 346 g/mol. The normalized spacial score (nSPS) is 19.9. The summed E-state index contributed by atoms with van der Waals surface area (Å²) in [4.78, 5) is 7.40. The van der Waals surface area contributed by atoms with Gasteiger partial charge in [0.05, 0.1) is 12.3 Å². The molecule has 0 saturated carbocycles. The van der Waals surface area contributed by atoms with Gasteiger partial charge in [0.15, 0.2) is 0 Å². The molecule has 0 radical (unpaired) electrons. The fraction of sp³-hybridized carbons (Fsp3) is 0.625. The Morgan fingerprint density at radius 3 is 2.82 bits per heavy atom. The van der Waals surface area contributed by atoms with Gasteiger partial charge in [-0.25, -0.2) is 4.98 Å². The van der Waals surface area contributed by atoms with Crippen LogP contribution in [0.3, 0.4) is 0 Å². The quantitative estimate of drug-likeness (QED) is 0.654. The van der Waals surface area contributed by atoms with E-state index in [9.17, 15) is 0 Å². The van der Waals surface area contributed by atoms with Gasteiger partial charge in [-0.3, -0.25) is 0 Å². The highest BCUT2D eigenvalue weighted by Crippen LogP contribution is 2.32. The molecule has 4 nitrogen and oxygen atoms in total. The van der Waals surface area contributed by atoms with Crippen LogP contribution in [0, 0.1) is 0 Å². The van der Waals surface area contributed by atoms with Crippen LogP contribution in [0.1, 0.15) is 70.7 Å². The number of piperazine rings is 1. The molecule has 156 valence electrons. The summed E-state index contributed by atoms with van der Waals surface area (Å²) in [6.45, 7) is 13.1. The van der Waals surface area contributed by atoms with Gasteiger partial charge in [-0.1, -0.05) is 43.7 Å². The number of hydrogen-bond acceptors (Lipinski definition) is 4. The molecule has 0 amide bonds. The number of aryl methyl sites for hydroxylation is 1. The molecule has 1 N–H and O–H groups in total. The van der Waals surface area contributed by atoms with Gasteiger partial charge >= 0.3 is 0 Å². The van der Waals surface area contributed by atoms with Gasteiger partial charge in [-0.2, -0.15) is 0 Å². The Morgan fingerprint density at radius 2 is 2.07 bits per heavy atom. The number of pyridine rings is 1. The van der Waals surface area contributed by atoms with Crippen molar-refractivity contribution < 1.29 is 4.74 Å². The zero-order valence-electron chi connectivity index (χ0n) is 18.3. The summed E-state index contributed by atoms with van der Waals surface area (Å²) in [5, 5.41) is 3.41. The maximum atomic E-state index is 6.24. The molecule has 0 spiro atoms. The van der Waals surface area contributed by atoms with Crippen LogP contribution in [0.5, 0.6) is 0 Å². The van der Waals surface area contributed by atoms with E-state index in [1.165, 1.54) is 23.3 Å². The summed E-state index contributed by atoms with van der Waals surface area (Å²) in [7, 11) is 0. The van der Waals surface area contributed by atoms with Crippen molar-refractivity contribution in [2.75, 3.05) is 37.7 Å². The molecule has 1 aliphatic carbocycles. The van der Waals surface area contributed by atoms with Crippen molar-refractivity contribution in [2.24, 2.45) is 0 Å². The maximum Gasteiger partial charge on any atom is 0.129 e. The van der Waals surface area contributed by atoms with E-state index >= 15 is 0 Å². The maximum absolute atomic E-state index is 6.24. The molecule has 1 aromatic heterocycles. The molecule has 1 aromatic rings. The molecule has 4 heteroatoms. The molecule has 0 aromatic carbocycles. The highest BCUT2D eigenvalue weighted by Gasteiger charge is 2.24. The Bertz CT molecular complexity index is 633. The summed E-state index contributed by atoms with van der Waals surface area (Å²) >= 11 is 0. The lowest BCUT2D eigenvalue weighted by Gasteiger charge is -2.31. The third-order valence-electron chi connectivity index (χ3n) is 5.33. The summed E-state index contributed by atoms with van der Waals surface area (Å²) in [6, 6.07) is 4.46. The molecule has 1 atom stereocenters. The first-order valence-electron chi connectivity index (χ1n) is 11.1. The Balaban J connectivity index is 0.00000136. The molecular formula is C24H39N3O. The largest absolute Gasteiger partial charge is 0.368 e. The fourth-order valence-electron chi connectivity index (χ4n) is 3.72. The van der Waals surface area contributed by atoms with Crippen LogP contribution in [0.2, 0.25) is 0 Å². The van der Waals surface area contributed by atoms with Crippen LogP contribution in [-0.4, -0.2) is 37.8 Å². The molecule has 3 rings (SSSR count). The minimum Gasteiger partial charge on any atom is -0.368 e. The van der Waals surface area contributed by atoms with Crippen molar-refractivity contribution in [1.29, 1.82) is 0 Å². The first-order chi connectivity index (χ1) is 13.8. The number of aromatic nitrogens is 1. The van der Waals surface area contributed by atoms with E-state index < -0.39 is 0 Å². The summed E-state index contributed by atoms with van der Waals surface area (Å²) in [5.41, 5.74) is 3.95. The minimum atomic E-state index is 0.140. The number of rotatable bonds is 7. The summed E-state index contributed by atoms with van der Waals surface area (Å²) in [5.74, 6) is 1.11. The van der Waals surface area contributed by atoms with E-state index in [0.717, 1.165) is 57.7 Å². The average molecular weight is 386 g/mol. The van der Waals surface area contributed by atoms with E-state index in [2.05, 4.69) is 54.4 Å². The van der Waals surface area contributed by atoms with Crippen LogP contribution in [-0.2, 0) is 11.2 Å². The number of fused-ring (bicyclic) bond motifs is 1. The average Bonchev–Trinajstić information content (AvgIpc) is 2.76. The SMILES string of the molecule is C/C=C\CC/C(C)=C/COC1CCCc2ccc(N3CCNCC3)nc21.CC.